The Morgan fingerprint density at radius 3 is 2.48 bits per heavy atom. The third-order valence-corrected chi connectivity index (χ3v) is 5.12. The number of benzene rings is 1. The zero-order chi connectivity index (χ0) is 18.1. The Kier molecular flexibility index (Phi) is 8.40. The van der Waals surface area contributed by atoms with Crippen LogP contribution >= 0.6 is 7.82 Å². The first-order valence-corrected chi connectivity index (χ1v) is 10.4. The van der Waals surface area contributed by atoms with Gasteiger partial charge in [0.05, 0.1) is 13.2 Å². The molecule has 0 aromatic heterocycles. The molecule has 2 unspecified atom stereocenters. The van der Waals surface area contributed by atoms with Gasteiger partial charge in [-0.15, -0.1) is 0 Å². The van der Waals surface area contributed by atoms with Gasteiger partial charge in [-0.2, -0.15) is 0 Å². The lowest BCUT2D eigenvalue weighted by molar-refractivity contribution is 0.168. The molecule has 2 N–H and O–H groups in total. The third kappa shape index (κ3) is 7.89. The van der Waals surface area contributed by atoms with Crippen molar-refractivity contribution in [2.45, 2.75) is 44.4 Å². The van der Waals surface area contributed by atoms with Crippen LogP contribution in [0.4, 0.5) is 0 Å². The van der Waals surface area contributed by atoms with E-state index < -0.39 is 7.82 Å². The summed E-state index contributed by atoms with van der Waals surface area (Å²) < 4.78 is 26.2. The molecule has 142 valence electrons. The van der Waals surface area contributed by atoms with Crippen molar-refractivity contribution in [1.29, 1.82) is 0 Å². The van der Waals surface area contributed by atoms with Crippen LogP contribution in [0.2, 0.25) is 0 Å². The number of phosphoric acid groups is 1. The number of ether oxygens (including phenoxy) is 2. The summed E-state index contributed by atoms with van der Waals surface area (Å²) in [4.78, 5) is 17.6. The van der Waals surface area contributed by atoms with Gasteiger partial charge in [-0.05, 0) is 68.1 Å². The van der Waals surface area contributed by atoms with Gasteiger partial charge in [0.2, 0.25) is 0 Å². The van der Waals surface area contributed by atoms with Gasteiger partial charge in [-0.1, -0.05) is 12.1 Å². The molecule has 7 heteroatoms. The first kappa shape index (κ1) is 20.4. The summed E-state index contributed by atoms with van der Waals surface area (Å²) in [5.74, 6) is 1.52. The van der Waals surface area contributed by atoms with Gasteiger partial charge in [0.1, 0.15) is 5.75 Å². The molecular formula is C18H29O6P. The molecule has 0 amide bonds. The highest BCUT2D eigenvalue weighted by atomic mass is 31.2. The number of hydrogen-bond acceptors (Lipinski definition) is 4. The maximum Gasteiger partial charge on any atom is 0.469 e. The molecule has 1 fully saturated rings. The van der Waals surface area contributed by atoms with Crippen molar-refractivity contribution in [3.05, 3.63) is 29.8 Å². The SMILES string of the molecule is COCCCCCOc1ccc(C2CCC(COP(=O)(O)O)C2)cc1. The fourth-order valence-electron chi connectivity index (χ4n) is 3.28. The second-order valence-electron chi connectivity index (χ2n) is 6.63. The average Bonchev–Trinajstić information content (AvgIpc) is 3.05. The quantitative estimate of drug-likeness (QED) is 0.453. The van der Waals surface area contributed by atoms with Crippen LogP contribution in [0.1, 0.15) is 50.0 Å². The molecule has 1 aliphatic carbocycles. The molecule has 1 saturated carbocycles. The van der Waals surface area contributed by atoms with E-state index in [1.54, 1.807) is 7.11 Å². The summed E-state index contributed by atoms with van der Waals surface area (Å²) in [5, 5.41) is 0. The highest BCUT2D eigenvalue weighted by Gasteiger charge is 2.28. The highest BCUT2D eigenvalue weighted by Crippen LogP contribution is 2.42. The van der Waals surface area contributed by atoms with Crippen LogP contribution in [-0.4, -0.2) is 36.7 Å². The van der Waals surface area contributed by atoms with Crippen molar-refractivity contribution in [2.75, 3.05) is 26.9 Å². The molecule has 6 nitrogen and oxygen atoms in total. The van der Waals surface area contributed by atoms with Crippen LogP contribution in [0.25, 0.3) is 0 Å². The first-order valence-electron chi connectivity index (χ1n) is 8.89. The van der Waals surface area contributed by atoms with Crippen molar-refractivity contribution in [3.8, 4) is 5.75 Å². The van der Waals surface area contributed by atoms with Crippen molar-refractivity contribution >= 4 is 7.82 Å². The Bertz CT molecular complexity index is 541. The maximum absolute atomic E-state index is 10.8. The molecule has 2 atom stereocenters. The van der Waals surface area contributed by atoms with Crippen LogP contribution in [-0.2, 0) is 13.8 Å². The molecule has 1 aromatic carbocycles. The Morgan fingerprint density at radius 2 is 1.80 bits per heavy atom. The fraction of sp³-hybridized carbons (Fsp3) is 0.667. The summed E-state index contributed by atoms with van der Waals surface area (Å²) in [6.07, 6.45) is 6.05. The number of rotatable bonds is 11. The molecule has 0 spiro atoms. The minimum atomic E-state index is -4.36. The van der Waals surface area contributed by atoms with Crippen LogP contribution in [0, 0.1) is 5.92 Å². The van der Waals surface area contributed by atoms with E-state index in [9.17, 15) is 4.57 Å². The van der Waals surface area contributed by atoms with E-state index in [2.05, 4.69) is 16.7 Å². The highest BCUT2D eigenvalue weighted by molar-refractivity contribution is 7.46. The summed E-state index contributed by atoms with van der Waals surface area (Å²) >= 11 is 0. The van der Waals surface area contributed by atoms with E-state index in [0.717, 1.165) is 50.9 Å². The second kappa shape index (κ2) is 10.3. The van der Waals surface area contributed by atoms with Crippen LogP contribution in [0.15, 0.2) is 24.3 Å². The zero-order valence-electron chi connectivity index (χ0n) is 14.8. The van der Waals surface area contributed by atoms with E-state index in [1.165, 1.54) is 5.56 Å². The van der Waals surface area contributed by atoms with Crippen molar-refractivity contribution in [1.82, 2.24) is 0 Å². The Labute approximate surface area is 149 Å². The van der Waals surface area contributed by atoms with Gasteiger partial charge in [-0.3, -0.25) is 4.52 Å². The van der Waals surface area contributed by atoms with Gasteiger partial charge >= 0.3 is 7.82 Å². The Morgan fingerprint density at radius 1 is 1.08 bits per heavy atom. The normalized spacial score (nSPS) is 20.8. The Hall–Kier alpha value is -0.910. The minimum absolute atomic E-state index is 0.130. The molecule has 0 aliphatic heterocycles. The largest absolute Gasteiger partial charge is 0.494 e. The number of phosphoric ester groups is 1. The van der Waals surface area contributed by atoms with E-state index >= 15 is 0 Å². The first-order chi connectivity index (χ1) is 12.0. The predicted molar refractivity (Wildman–Crippen MR) is 95.7 cm³/mol. The fourth-order valence-corrected chi connectivity index (χ4v) is 3.69. The average molecular weight is 372 g/mol. The standard InChI is InChI=1S/C18H29O6P/c1-22-11-3-2-4-12-23-18-9-7-16(8-10-18)17-6-5-15(13-17)14-24-25(19,20)21/h7-10,15,17H,2-6,11-14H2,1H3,(H2,19,20,21). The van der Waals surface area contributed by atoms with Crippen LogP contribution in [0.3, 0.4) is 0 Å². The molecule has 1 aliphatic rings. The second-order valence-corrected chi connectivity index (χ2v) is 7.87. The number of unbranched alkanes of at least 4 members (excludes halogenated alkanes) is 2. The smallest absolute Gasteiger partial charge is 0.469 e. The number of hydrogen-bond donors (Lipinski definition) is 2. The molecule has 0 bridgehead atoms. The molecule has 0 saturated heterocycles. The van der Waals surface area contributed by atoms with Gasteiger partial charge in [0, 0.05) is 13.7 Å². The minimum Gasteiger partial charge on any atom is -0.494 e. The van der Waals surface area contributed by atoms with E-state index in [0.29, 0.717) is 12.5 Å². The van der Waals surface area contributed by atoms with E-state index in [1.807, 2.05) is 12.1 Å². The van der Waals surface area contributed by atoms with Crippen LogP contribution < -0.4 is 4.74 Å². The van der Waals surface area contributed by atoms with E-state index in [4.69, 9.17) is 19.3 Å². The summed E-state index contributed by atoms with van der Waals surface area (Å²) in [6.45, 7) is 1.65. The van der Waals surface area contributed by atoms with Crippen molar-refractivity contribution in [3.63, 3.8) is 0 Å². The Balaban J connectivity index is 1.70. The molecule has 0 heterocycles. The van der Waals surface area contributed by atoms with Crippen LogP contribution in [0.5, 0.6) is 5.75 Å². The number of methoxy groups -OCH3 is 1. The third-order valence-electron chi connectivity index (χ3n) is 4.63. The topological polar surface area (TPSA) is 85.2 Å². The van der Waals surface area contributed by atoms with Gasteiger partial charge < -0.3 is 19.3 Å². The van der Waals surface area contributed by atoms with Gasteiger partial charge in [0.15, 0.2) is 0 Å². The lowest BCUT2D eigenvalue weighted by atomic mass is 9.96. The molecule has 0 radical (unpaired) electrons. The summed E-state index contributed by atoms with van der Waals surface area (Å²) in [5.41, 5.74) is 1.26. The molecule has 1 aromatic rings. The molecule has 2 rings (SSSR count). The van der Waals surface area contributed by atoms with Gasteiger partial charge in [-0.25, -0.2) is 4.57 Å². The maximum atomic E-state index is 10.8. The lowest BCUT2D eigenvalue weighted by Gasteiger charge is -2.13. The van der Waals surface area contributed by atoms with E-state index in [-0.39, 0.29) is 12.5 Å². The monoisotopic (exact) mass is 372 g/mol. The van der Waals surface area contributed by atoms with Crippen molar-refractivity contribution in [2.24, 2.45) is 5.92 Å². The molecule has 25 heavy (non-hydrogen) atoms. The predicted octanol–water partition coefficient (Wildman–Crippen LogP) is 3.88. The molecular weight excluding hydrogens is 343 g/mol. The van der Waals surface area contributed by atoms with Gasteiger partial charge in [0.25, 0.3) is 0 Å². The summed E-state index contributed by atoms with van der Waals surface area (Å²) in [7, 11) is -2.64. The zero-order valence-corrected chi connectivity index (χ0v) is 15.7. The lowest BCUT2D eigenvalue weighted by Crippen LogP contribution is -2.05. The summed E-state index contributed by atoms with van der Waals surface area (Å²) in [6, 6.07) is 8.20. The van der Waals surface area contributed by atoms with Crippen molar-refractivity contribution < 1.29 is 28.3 Å².